The summed E-state index contributed by atoms with van der Waals surface area (Å²) >= 11 is 0. The van der Waals surface area contributed by atoms with E-state index in [1.807, 2.05) is 43.1 Å². The molecule has 3 nitrogen and oxygen atoms in total. The minimum absolute atomic E-state index is 0.153. The van der Waals surface area contributed by atoms with Crippen LogP contribution in [0.1, 0.15) is 16.7 Å². The van der Waals surface area contributed by atoms with Gasteiger partial charge in [0, 0.05) is 24.8 Å². The van der Waals surface area contributed by atoms with E-state index in [9.17, 15) is 4.39 Å². The molecule has 0 saturated heterocycles. The highest BCUT2D eigenvalue weighted by Crippen LogP contribution is 2.19. The van der Waals surface area contributed by atoms with Gasteiger partial charge in [0.25, 0.3) is 0 Å². The normalized spacial score (nSPS) is 10.3. The fourth-order valence-electron chi connectivity index (χ4n) is 2.12. The van der Waals surface area contributed by atoms with Crippen molar-refractivity contribution in [2.75, 3.05) is 11.9 Å². The zero-order valence-corrected chi connectivity index (χ0v) is 11.7. The van der Waals surface area contributed by atoms with Crippen LogP contribution in [0.25, 0.3) is 0 Å². The number of hydrogen-bond donors (Lipinski definition) is 2. The highest BCUT2D eigenvalue weighted by Gasteiger charge is 2.12. The van der Waals surface area contributed by atoms with Crippen molar-refractivity contribution in [3.8, 4) is 0 Å². The van der Waals surface area contributed by atoms with E-state index in [4.69, 9.17) is 11.1 Å². The van der Waals surface area contributed by atoms with Gasteiger partial charge in [0.2, 0.25) is 0 Å². The third kappa shape index (κ3) is 2.96. The zero-order chi connectivity index (χ0) is 14.7. The van der Waals surface area contributed by atoms with Crippen LogP contribution in [-0.4, -0.2) is 12.9 Å². The minimum Gasteiger partial charge on any atom is -0.384 e. The van der Waals surface area contributed by atoms with Gasteiger partial charge in [0.15, 0.2) is 0 Å². The molecule has 0 aliphatic rings. The number of anilines is 1. The molecule has 0 aromatic heterocycles. The molecule has 0 bridgehead atoms. The number of hydrogen-bond acceptors (Lipinski definition) is 2. The van der Waals surface area contributed by atoms with Crippen molar-refractivity contribution in [3.05, 3.63) is 65.0 Å². The summed E-state index contributed by atoms with van der Waals surface area (Å²) < 4.78 is 14.2. The first-order valence-corrected chi connectivity index (χ1v) is 6.38. The van der Waals surface area contributed by atoms with Crippen LogP contribution in [0, 0.1) is 18.2 Å². The van der Waals surface area contributed by atoms with Crippen molar-refractivity contribution in [2.45, 2.75) is 13.5 Å². The van der Waals surface area contributed by atoms with Gasteiger partial charge in [-0.1, -0.05) is 24.3 Å². The summed E-state index contributed by atoms with van der Waals surface area (Å²) in [5.41, 5.74) is 8.24. The first kappa shape index (κ1) is 14.1. The molecule has 2 rings (SSSR count). The SMILES string of the molecule is Cc1cccc(N(C)Cc2cccc(C(=N)N)c2F)c1. The molecule has 4 heteroatoms. The van der Waals surface area contributed by atoms with Crippen LogP contribution in [0.5, 0.6) is 0 Å². The molecule has 0 heterocycles. The number of amidine groups is 1. The van der Waals surface area contributed by atoms with Gasteiger partial charge in [-0.25, -0.2) is 4.39 Å². The number of benzene rings is 2. The van der Waals surface area contributed by atoms with E-state index < -0.39 is 5.82 Å². The Hall–Kier alpha value is -2.36. The van der Waals surface area contributed by atoms with Gasteiger partial charge >= 0.3 is 0 Å². The zero-order valence-electron chi connectivity index (χ0n) is 11.7. The maximum Gasteiger partial charge on any atom is 0.139 e. The highest BCUT2D eigenvalue weighted by atomic mass is 19.1. The highest BCUT2D eigenvalue weighted by molar-refractivity contribution is 5.95. The van der Waals surface area contributed by atoms with Crippen molar-refractivity contribution in [3.63, 3.8) is 0 Å². The molecule has 0 saturated carbocycles. The number of aryl methyl sites for hydroxylation is 1. The van der Waals surface area contributed by atoms with E-state index >= 15 is 0 Å². The van der Waals surface area contributed by atoms with E-state index in [2.05, 4.69) is 0 Å². The van der Waals surface area contributed by atoms with Crippen LogP contribution in [0.3, 0.4) is 0 Å². The number of rotatable bonds is 4. The largest absolute Gasteiger partial charge is 0.384 e. The summed E-state index contributed by atoms with van der Waals surface area (Å²) in [4.78, 5) is 1.97. The Morgan fingerprint density at radius 3 is 2.60 bits per heavy atom. The summed E-state index contributed by atoms with van der Waals surface area (Å²) in [7, 11) is 1.91. The number of nitrogens with zero attached hydrogens (tertiary/aromatic N) is 1. The fourth-order valence-corrected chi connectivity index (χ4v) is 2.12. The summed E-state index contributed by atoms with van der Waals surface area (Å²) in [6, 6.07) is 13.0. The molecule has 0 unspecified atom stereocenters. The molecule has 0 aliphatic heterocycles. The van der Waals surface area contributed by atoms with Gasteiger partial charge < -0.3 is 10.6 Å². The molecule has 0 aliphatic carbocycles. The van der Waals surface area contributed by atoms with Gasteiger partial charge in [-0.2, -0.15) is 0 Å². The average molecular weight is 271 g/mol. The Morgan fingerprint density at radius 2 is 1.95 bits per heavy atom. The van der Waals surface area contributed by atoms with Crippen molar-refractivity contribution >= 4 is 11.5 Å². The predicted molar refractivity (Wildman–Crippen MR) is 80.7 cm³/mol. The maximum absolute atomic E-state index is 14.2. The summed E-state index contributed by atoms with van der Waals surface area (Å²) in [5.74, 6) is -0.665. The second kappa shape index (κ2) is 5.74. The molecule has 0 radical (unpaired) electrons. The second-order valence-corrected chi connectivity index (χ2v) is 4.89. The monoisotopic (exact) mass is 271 g/mol. The molecule has 2 aromatic carbocycles. The van der Waals surface area contributed by atoms with Crippen LogP contribution in [0.15, 0.2) is 42.5 Å². The third-order valence-corrected chi connectivity index (χ3v) is 3.22. The quantitative estimate of drug-likeness (QED) is 0.663. The lowest BCUT2D eigenvalue weighted by Crippen LogP contribution is -2.19. The van der Waals surface area contributed by atoms with E-state index in [0.717, 1.165) is 11.3 Å². The van der Waals surface area contributed by atoms with Crippen molar-refractivity contribution in [1.82, 2.24) is 0 Å². The number of halogens is 1. The van der Waals surface area contributed by atoms with E-state index in [1.54, 1.807) is 12.1 Å². The molecule has 3 N–H and O–H groups in total. The van der Waals surface area contributed by atoms with Gasteiger partial charge in [-0.15, -0.1) is 0 Å². The molecule has 104 valence electrons. The summed E-state index contributed by atoms with van der Waals surface area (Å²) in [6.45, 7) is 2.45. The van der Waals surface area contributed by atoms with Gasteiger partial charge in [-0.3, -0.25) is 5.41 Å². The van der Waals surface area contributed by atoms with Crippen LogP contribution in [-0.2, 0) is 6.54 Å². The van der Waals surface area contributed by atoms with E-state index in [1.165, 1.54) is 6.07 Å². The van der Waals surface area contributed by atoms with Gasteiger partial charge in [-0.05, 0) is 30.7 Å². The molecule has 20 heavy (non-hydrogen) atoms. The van der Waals surface area contributed by atoms with Gasteiger partial charge in [0.1, 0.15) is 11.7 Å². The molecule has 0 amide bonds. The lowest BCUT2D eigenvalue weighted by Gasteiger charge is -2.20. The van der Waals surface area contributed by atoms with Crippen LogP contribution in [0.2, 0.25) is 0 Å². The Morgan fingerprint density at radius 1 is 1.25 bits per heavy atom. The van der Waals surface area contributed by atoms with Crippen LogP contribution < -0.4 is 10.6 Å². The topological polar surface area (TPSA) is 53.1 Å². The van der Waals surface area contributed by atoms with E-state index in [0.29, 0.717) is 12.1 Å². The average Bonchev–Trinajstić information content (AvgIpc) is 2.40. The Labute approximate surface area is 118 Å². The number of nitrogens with one attached hydrogen (secondary N) is 1. The van der Waals surface area contributed by atoms with E-state index in [-0.39, 0.29) is 11.4 Å². The van der Waals surface area contributed by atoms with Crippen molar-refractivity contribution in [2.24, 2.45) is 5.73 Å². The minimum atomic E-state index is -0.417. The Bertz CT molecular complexity index is 637. The molecular formula is C16H18FN3. The standard InChI is InChI=1S/C16H18FN3/c1-11-5-3-7-13(9-11)20(2)10-12-6-4-8-14(15(12)17)16(18)19/h3-9H,10H2,1-2H3,(H3,18,19). The van der Waals surface area contributed by atoms with Crippen LogP contribution in [0.4, 0.5) is 10.1 Å². The molecule has 0 fully saturated rings. The fraction of sp³-hybridized carbons (Fsp3) is 0.188. The second-order valence-electron chi connectivity index (χ2n) is 4.89. The molecule has 0 spiro atoms. The Balaban J connectivity index is 2.26. The first-order valence-electron chi connectivity index (χ1n) is 6.38. The van der Waals surface area contributed by atoms with Crippen molar-refractivity contribution < 1.29 is 4.39 Å². The molecular weight excluding hydrogens is 253 g/mol. The Kier molecular flexibility index (Phi) is 4.03. The predicted octanol–water partition coefficient (Wildman–Crippen LogP) is 3.05. The number of nitrogens with two attached hydrogens (primary N) is 1. The van der Waals surface area contributed by atoms with Crippen LogP contribution >= 0.6 is 0 Å². The number of nitrogen functional groups attached to an aromatic ring is 1. The third-order valence-electron chi connectivity index (χ3n) is 3.22. The molecule has 2 aromatic rings. The lowest BCUT2D eigenvalue weighted by molar-refractivity contribution is 0.605. The summed E-state index contributed by atoms with van der Waals surface area (Å²) in [5, 5.41) is 7.37. The lowest BCUT2D eigenvalue weighted by atomic mass is 10.1. The molecule has 0 atom stereocenters. The smallest absolute Gasteiger partial charge is 0.139 e. The van der Waals surface area contributed by atoms with Gasteiger partial charge in [0.05, 0.1) is 5.56 Å². The first-order chi connectivity index (χ1) is 9.49. The maximum atomic E-state index is 14.2. The summed E-state index contributed by atoms with van der Waals surface area (Å²) in [6.07, 6.45) is 0. The van der Waals surface area contributed by atoms with Crippen molar-refractivity contribution in [1.29, 1.82) is 5.41 Å².